The van der Waals surface area contributed by atoms with Crippen LogP contribution in [0.25, 0.3) is 0 Å². The Bertz CT molecular complexity index is 71.6. The minimum Gasteiger partial charge on any atom is -0.481 e. The van der Waals surface area contributed by atoms with Gasteiger partial charge in [0.1, 0.15) is 0 Å². The molecule has 0 amide bonds. The minimum atomic E-state index is -0.833. The van der Waals surface area contributed by atoms with E-state index in [-0.39, 0.29) is 25.0 Å². The van der Waals surface area contributed by atoms with Crippen LogP contribution in [0.1, 0.15) is 13.8 Å². The van der Waals surface area contributed by atoms with Crippen molar-refractivity contribution in [3.63, 3.8) is 0 Å². The largest absolute Gasteiger partial charge is 0.481 e. The number of hydrogen-bond donors (Lipinski definition) is 2. The summed E-state index contributed by atoms with van der Waals surface area (Å²) >= 11 is 0. The third kappa shape index (κ3) is 1410. The van der Waals surface area contributed by atoms with E-state index < -0.39 is 11.9 Å². The fourth-order valence-corrected chi connectivity index (χ4v) is 0. The van der Waals surface area contributed by atoms with E-state index in [1.807, 2.05) is 0 Å². The second-order valence-corrected chi connectivity index (χ2v) is 1.04. The Morgan fingerprint density at radius 3 is 1.00 bits per heavy atom. The Morgan fingerprint density at radius 1 is 1.00 bits per heavy atom. The van der Waals surface area contributed by atoms with Crippen LogP contribution < -0.4 is 0 Å². The third-order valence-electron chi connectivity index (χ3n) is 0. The van der Waals surface area contributed by atoms with Gasteiger partial charge in [-0.1, -0.05) is 0 Å². The Morgan fingerprint density at radius 2 is 1.00 bits per heavy atom. The van der Waals surface area contributed by atoms with Crippen molar-refractivity contribution in [3.05, 3.63) is 0 Å². The second kappa shape index (κ2) is 15.8. The van der Waals surface area contributed by atoms with Gasteiger partial charge in [0.15, 0.2) is 0 Å². The Labute approximate surface area is 71.1 Å². The van der Waals surface area contributed by atoms with Gasteiger partial charge in [-0.2, -0.15) is 0 Å². The molecule has 0 rings (SSSR count). The molecule has 0 heterocycles. The average Bonchev–Trinajstić information content (AvgIpc) is 1.25. The molecule has 5 nitrogen and oxygen atoms in total. The van der Waals surface area contributed by atoms with Crippen LogP contribution in [0, 0.1) is 0 Å². The van der Waals surface area contributed by atoms with Gasteiger partial charge in [-0.05, 0) is 0 Å². The Kier molecular flexibility index (Phi) is 35.9. The predicted octanol–water partition coefficient (Wildman–Crippen LogP) is -0.645. The van der Waals surface area contributed by atoms with Gasteiger partial charge in [0.25, 0.3) is 11.9 Å². The van der Waals surface area contributed by atoms with Crippen LogP contribution in [-0.4, -0.2) is 27.6 Å². The topological polar surface area (TPSA) is 106 Å². The van der Waals surface area contributed by atoms with Crippen molar-refractivity contribution in [2.75, 3.05) is 0 Å². The molecule has 0 atom stereocenters. The van der Waals surface area contributed by atoms with E-state index in [1.54, 1.807) is 0 Å². The van der Waals surface area contributed by atoms with Crippen LogP contribution in [0.3, 0.4) is 0 Å². The molecular weight excluding hydrogens is 193 g/mol. The first-order valence-corrected chi connectivity index (χ1v) is 1.86. The molecule has 0 saturated carbocycles. The van der Waals surface area contributed by atoms with Gasteiger partial charge in [0.05, 0.1) is 0 Å². The molecule has 58 valence electrons. The first-order valence-electron chi connectivity index (χ1n) is 1.86. The van der Waals surface area contributed by atoms with Crippen LogP contribution in [0.5, 0.6) is 0 Å². The molecule has 0 bridgehead atoms. The van der Waals surface area contributed by atoms with Crippen LogP contribution in [0.4, 0.5) is 0 Å². The maximum absolute atomic E-state index is 9.00. The van der Waals surface area contributed by atoms with Gasteiger partial charge in [0, 0.05) is 33.3 Å². The fraction of sp³-hybridized carbons (Fsp3) is 0.500. The monoisotopic (exact) mass is 202 g/mol. The van der Waals surface area contributed by atoms with E-state index >= 15 is 0 Å². The molecule has 0 aromatic carbocycles. The first kappa shape index (κ1) is 22.7. The van der Waals surface area contributed by atoms with Crippen molar-refractivity contribution in [2.45, 2.75) is 13.8 Å². The van der Waals surface area contributed by atoms with E-state index in [1.165, 1.54) is 0 Å². The van der Waals surface area contributed by atoms with Crippen molar-refractivity contribution in [3.8, 4) is 0 Å². The molecule has 0 radical (unpaired) electrons. The van der Waals surface area contributed by atoms with Crippen LogP contribution >= 0.6 is 0 Å². The molecule has 0 aliphatic carbocycles. The van der Waals surface area contributed by atoms with Gasteiger partial charge in [-0.3, -0.25) is 9.59 Å². The van der Waals surface area contributed by atoms with Gasteiger partial charge in [-0.25, -0.2) is 0 Å². The van der Waals surface area contributed by atoms with Gasteiger partial charge < -0.3 is 15.7 Å². The summed E-state index contributed by atoms with van der Waals surface area (Å²) in [6.45, 7) is 2.17. The normalized spacial score (nSPS) is 5.00. The van der Waals surface area contributed by atoms with Crippen LogP contribution in [0.2, 0.25) is 0 Å². The molecule has 0 aromatic rings. The molecule has 4 N–H and O–H groups in total. The van der Waals surface area contributed by atoms with E-state index in [2.05, 4.69) is 0 Å². The summed E-state index contributed by atoms with van der Waals surface area (Å²) in [7, 11) is 0. The standard InChI is InChI=1S/2C2H4O2.H2O.Zn/c2*1-2(3)4;;/h2*1H3,(H,3,4);1H2;. The maximum atomic E-state index is 9.00. The number of carbonyl (C=O) groups is 2. The summed E-state index contributed by atoms with van der Waals surface area (Å²) < 4.78 is 0. The van der Waals surface area contributed by atoms with Crippen molar-refractivity contribution in [1.29, 1.82) is 0 Å². The molecule has 0 aliphatic rings. The van der Waals surface area contributed by atoms with Crippen LogP contribution in [-0.2, 0) is 29.1 Å². The quantitative estimate of drug-likeness (QED) is 0.511. The SMILES string of the molecule is CC(=O)O.CC(=O)O.O.[Zn]. The smallest absolute Gasteiger partial charge is 0.300 e. The number of carboxylic acid groups (broad SMARTS) is 2. The number of carboxylic acids is 2. The molecule has 0 aliphatic heterocycles. The second-order valence-electron chi connectivity index (χ2n) is 1.04. The maximum Gasteiger partial charge on any atom is 0.300 e. The Hall–Kier alpha value is -0.477. The van der Waals surface area contributed by atoms with Crippen molar-refractivity contribution >= 4 is 11.9 Å². The molecule has 0 spiro atoms. The third-order valence-corrected chi connectivity index (χ3v) is 0. The zero-order valence-corrected chi connectivity index (χ0v) is 8.89. The van der Waals surface area contributed by atoms with E-state index in [0.717, 1.165) is 13.8 Å². The molecule has 0 aromatic heterocycles. The van der Waals surface area contributed by atoms with Gasteiger partial charge in [0.2, 0.25) is 0 Å². The van der Waals surface area contributed by atoms with E-state index in [0.29, 0.717) is 0 Å². The molecule has 0 unspecified atom stereocenters. The average molecular weight is 204 g/mol. The molecule has 10 heavy (non-hydrogen) atoms. The zero-order valence-electron chi connectivity index (χ0n) is 5.92. The number of aliphatic carboxylic acids is 2. The zero-order chi connectivity index (χ0) is 7.15. The van der Waals surface area contributed by atoms with Crippen molar-refractivity contribution in [2.24, 2.45) is 0 Å². The summed E-state index contributed by atoms with van der Waals surface area (Å²) in [5, 5.41) is 14.8. The Balaban J connectivity index is -0.0000000300. The fourth-order valence-electron chi connectivity index (χ4n) is 0. The van der Waals surface area contributed by atoms with Gasteiger partial charge >= 0.3 is 0 Å². The molecule has 0 saturated heterocycles. The molecule has 0 fully saturated rings. The number of rotatable bonds is 0. The van der Waals surface area contributed by atoms with Crippen molar-refractivity contribution < 1.29 is 44.8 Å². The predicted molar refractivity (Wildman–Crippen MR) is 30.2 cm³/mol. The van der Waals surface area contributed by atoms with Gasteiger partial charge in [-0.15, -0.1) is 0 Å². The number of hydrogen-bond acceptors (Lipinski definition) is 2. The first-order chi connectivity index (χ1) is 3.46. The summed E-state index contributed by atoms with van der Waals surface area (Å²) in [6.07, 6.45) is 0. The van der Waals surface area contributed by atoms with E-state index in [4.69, 9.17) is 19.8 Å². The molecule has 6 heteroatoms. The summed E-state index contributed by atoms with van der Waals surface area (Å²) in [4.78, 5) is 18.0. The summed E-state index contributed by atoms with van der Waals surface area (Å²) in [6, 6.07) is 0. The van der Waals surface area contributed by atoms with Crippen molar-refractivity contribution in [1.82, 2.24) is 0 Å². The summed E-state index contributed by atoms with van der Waals surface area (Å²) in [5.41, 5.74) is 0. The van der Waals surface area contributed by atoms with Crippen LogP contribution in [0.15, 0.2) is 0 Å². The van der Waals surface area contributed by atoms with E-state index in [9.17, 15) is 0 Å². The molecular formula is C4H10O5Zn. The minimum absolute atomic E-state index is 0. The summed E-state index contributed by atoms with van der Waals surface area (Å²) in [5.74, 6) is -1.67.